The van der Waals surface area contributed by atoms with E-state index in [0.29, 0.717) is 12.5 Å². The summed E-state index contributed by atoms with van der Waals surface area (Å²) in [7, 11) is 0. The minimum Gasteiger partial charge on any atom is -0.375 e. The zero-order valence-electron chi connectivity index (χ0n) is 8.51. The number of benzene rings is 1. The maximum Gasteiger partial charge on any atom is 0.0869 e. The van der Waals surface area contributed by atoms with E-state index < -0.39 is 0 Å². The summed E-state index contributed by atoms with van der Waals surface area (Å²) in [4.78, 5) is 3.43. The first kappa shape index (κ1) is 9.43. The first-order valence-electron chi connectivity index (χ1n) is 5.13. The predicted octanol–water partition coefficient (Wildman–Crippen LogP) is 3.56. The van der Waals surface area contributed by atoms with Crippen LogP contribution in [-0.4, -0.2) is 11.6 Å². The van der Waals surface area contributed by atoms with Crippen LogP contribution in [0.25, 0.3) is 10.9 Å². The number of H-pyrrole nitrogens is 1. The lowest BCUT2D eigenvalue weighted by Crippen LogP contribution is -2.12. The predicted molar refractivity (Wildman–Crippen MR) is 64.1 cm³/mol. The Balaban J connectivity index is 2.33. The third kappa shape index (κ3) is 1.42. The molecule has 1 N–H and O–H groups in total. The van der Waals surface area contributed by atoms with Gasteiger partial charge in [0.2, 0.25) is 0 Å². The molecule has 1 aliphatic rings. The number of aromatic amines is 1. The number of hydrogen-bond acceptors (Lipinski definition) is 1. The summed E-state index contributed by atoms with van der Waals surface area (Å²) in [5, 5.41) is 1.33. The molecule has 3 heteroatoms. The van der Waals surface area contributed by atoms with E-state index >= 15 is 0 Å². The molecule has 0 spiro atoms. The molecule has 2 aromatic rings. The highest BCUT2D eigenvalue weighted by atomic mass is 79.9. The van der Waals surface area contributed by atoms with Crippen molar-refractivity contribution in [1.82, 2.24) is 4.98 Å². The molecule has 15 heavy (non-hydrogen) atoms. The number of nitrogens with one attached hydrogen (secondary N) is 1. The molecule has 2 nitrogen and oxygen atoms in total. The van der Waals surface area contributed by atoms with Crippen LogP contribution in [0, 0.1) is 0 Å². The zero-order valence-corrected chi connectivity index (χ0v) is 10.1. The molecule has 1 aliphatic heterocycles. The second-order valence-electron chi connectivity index (χ2n) is 4.12. The molecule has 0 saturated heterocycles. The highest BCUT2D eigenvalue weighted by Gasteiger charge is 2.21. The molecule has 0 amide bonds. The number of halogens is 1. The molecule has 1 unspecified atom stereocenters. The number of hydrogen-bond donors (Lipinski definition) is 1. The van der Waals surface area contributed by atoms with Crippen molar-refractivity contribution in [2.24, 2.45) is 0 Å². The first-order chi connectivity index (χ1) is 7.25. The van der Waals surface area contributed by atoms with Crippen LogP contribution < -0.4 is 0 Å². The Morgan fingerprint density at radius 2 is 2.33 bits per heavy atom. The zero-order chi connectivity index (χ0) is 10.4. The second-order valence-corrected chi connectivity index (χ2v) is 5.04. The van der Waals surface area contributed by atoms with Gasteiger partial charge in [-0.05, 0) is 23.8 Å². The number of aromatic nitrogens is 1. The maximum atomic E-state index is 5.53. The minimum absolute atomic E-state index is 0.483. The lowest BCUT2D eigenvalue weighted by atomic mass is 9.97. The lowest BCUT2D eigenvalue weighted by Gasteiger charge is -2.19. The average Bonchev–Trinajstić information content (AvgIpc) is 2.57. The van der Waals surface area contributed by atoms with E-state index in [-0.39, 0.29) is 0 Å². The number of ether oxygens (including phenoxy) is 1. The van der Waals surface area contributed by atoms with Gasteiger partial charge in [0.05, 0.1) is 13.2 Å². The third-order valence-electron chi connectivity index (χ3n) is 2.99. The van der Waals surface area contributed by atoms with Crippen LogP contribution in [0.4, 0.5) is 0 Å². The fourth-order valence-electron chi connectivity index (χ4n) is 2.34. The van der Waals surface area contributed by atoms with Crippen molar-refractivity contribution in [3.05, 3.63) is 33.9 Å². The van der Waals surface area contributed by atoms with Crippen LogP contribution >= 0.6 is 15.9 Å². The van der Waals surface area contributed by atoms with Gasteiger partial charge >= 0.3 is 0 Å². The maximum absolute atomic E-state index is 5.53. The van der Waals surface area contributed by atoms with E-state index in [0.717, 1.165) is 11.1 Å². The Morgan fingerprint density at radius 1 is 1.47 bits per heavy atom. The molecule has 0 saturated carbocycles. The summed E-state index contributed by atoms with van der Waals surface area (Å²) in [5.74, 6) is 0.483. The summed E-state index contributed by atoms with van der Waals surface area (Å²) in [6.45, 7) is 3.75. The molecule has 78 valence electrons. The summed E-state index contributed by atoms with van der Waals surface area (Å²) in [6.07, 6.45) is 0. The van der Waals surface area contributed by atoms with E-state index in [1.54, 1.807) is 0 Å². The molecule has 1 aromatic carbocycles. The fraction of sp³-hybridized carbons (Fsp3) is 0.333. The molecule has 0 fully saturated rings. The Kier molecular flexibility index (Phi) is 2.11. The standard InChI is InChI=1S/C12H12BrNO/c1-7-5-15-6-11-12(7)9-4-8(13)2-3-10(9)14-11/h2-4,7,14H,5-6H2,1H3. The van der Waals surface area contributed by atoms with Crippen molar-refractivity contribution < 1.29 is 4.74 Å². The van der Waals surface area contributed by atoms with Gasteiger partial charge < -0.3 is 9.72 Å². The summed E-state index contributed by atoms with van der Waals surface area (Å²) in [5.41, 5.74) is 3.87. The van der Waals surface area contributed by atoms with Gasteiger partial charge in [0, 0.05) is 27.0 Å². The van der Waals surface area contributed by atoms with E-state index in [4.69, 9.17) is 4.74 Å². The Hall–Kier alpha value is -0.800. The van der Waals surface area contributed by atoms with Crippen LogP contribution in [0.3, 0.4) is 0 Å². The van der Waals surface area contributed by atoms with Crippen LogP contribution in [0.5, 0.6) is 0 Å². The van der Waals surface area contributed by atoms with Gasteiger partial charge in [0.15, 0.2) is 0 Å². The Bertz CT molecular complexity index is 518. The smallest absolute Gasteiger partial charge is 0.0869 e. The normalized spacial score (nSPS) is 20.5. The van der Waals surface area contributed by atoms with Gasteiger partial charge in [-0.2, -0.15) is 0 Å². The van der Waals surface area contributed by atoms with Crippen molar-refractivity contribution in [3.63, 3.8) is 0 Å². The second kappa shape index (κ2) is 3.35. The molecule has 1 aromatic heterocycles. The van der Waals surface area contributed by atoms with Gasteiger partial charge in [-0.15, -0.1) is 0 Å². The Morgan fingerprint density at radius 3 is 3.20 bits per heavy atom. The minimum atomic E-state index is 0.483. The van der Waals surface area contributed by atoms with Gasteiger partial charge in [0.1, 0.15) is 0 Å². The summed E-state index contributed by atoms with van der Waals surface area (Å²) >= 11 is 3.52. The fourth-order valence-corrected chi connectivity index (χ4v) is 2.70. The van der Waals surface area contributed by atoms with Gasteiger partial charge in [-0.1, -0.05) is 22.9 Å². The van der Waals surface area contributed by atoms with Crippen LogP contribution in [-0.2, 0) is 11.3 Å². The molecule has 1 atom stereocenters. The van der Waals surface area contributed by atoms with E-state index in [2.05, 4.69) is 46.0 Å². The number of fused-ring (bicyclic) bond motifs is 3. The molecule has 3 rings (SSSR count). The van der Waals surface area contributed by atoms with Gasteiger partial charge in [0.25, 0.3) is 0 Å². The quantitative estimate of drug-likeness (QED) is 0.774. The third-order valence-corrected chi connectivity index (χ3v) is 3.48. The summed E-state index contributed by atoms with van der Waals surface area (Å²) < 4.78 is 6.66. The molecule has 0 aliphatic carbocycles. The van der Waals surface area contributed by atoms with Crippen molar-refractivity contribution in [2.45, 2.75) is 19.4 Å². The largest absolute Gasteiger partial charge is 0.375 e. The van der Waals surface area contributed by atoms with Crippen LogP contribution in [0.2, 0.25) is 0 Å². The van der Waals surface area contributed by atoms with Gasteiger partial charge in [-0.25, -0.2) is 0 Å². The lowest BCUT2D eigenvalue weighted by molar-refractivity contribution is 0.0934. The van der Waals surface area contributed by atoms with Gasteiger partial charge in [-0.3, -0.25) is 0 Å². The molecular formula is C12H12BrNO. The van der Waals surface area contributed by atoms with Crippen molar-refractivity contribution in [2.75, 3.05) is 6.61 Å². The molecule has 0 bridgehead atoms. The first-order valence-corrected chi connectivity index (χ1v) is 5.93. The summed E-state index contributed by atoms with van der Waals surface area (Å²) in [6, 6.07) is 6.37. The van der Waals surface area contributed by atoms with Crippen molar-refractivity contribution in [3.8, 4) is 0 Å². The van der Waals surface area contributed by atoms with E-state index in [9.17, 15) is 0 Å². The van der Waals surface area contributed by atoms with Crippen LogP contribution in [0.15, 0.2) is 22.7 Å². The van der Waals surface area contributed by atoms with Crippen LogP contribution in [0.1, 0.15) is 24.1 Å². The molecule has 2 heterocycles. The Labute approximate surface area is 96.8 Å². The monoisotopic (exact) mass is 265 g/mol. The molecular weight excluding hydrogens is 254 g/mol. The van der Waals surface area contributed by atoms with E-state index in [1.165, 1.54) is 22.2 Å². The van der Waals surface area contributed by atoms with Crippen molar-refractivity contribution >= 4 is 26.8 Å². The van der Waals surface area contributed by atoms with Crippen molar-refractivity contribution in [1.29, 1.82) is 0 Å². The SMILES string of the molecule is CC1COCc2[nH]c3ccc(Br)cc3c21. The number of rotatable bonds is 0. The molecule has 0 radical (unpaired) electrons. The topological polar surface area (TPSA) is 25.0 Å². The average molecular weight is 266 g/mol. The highest BCUT2D eigenvalue weighted by Crippen LogP contribution is 2.34. The highest BCUT2D eigenvalue weighted by molar-refractivity contribution is 9.10. The van der Waals surface area contributed by atoms with E-state index in [1.807, 2.05) is 0 Å².